The van der Waals surface area contributed by atoms with Crippen LogP contribution in [0.2, 0.25) is 0 Å². The fourth-order valence-corrected chi connectivity index (χ4v) is 4.85. The third-order valence-corrected chi connectivity index (χ3v) is 6.68. The summed E-state index contributed by atoms with van der Waals surface area (Å²) in [5, 5.41) is 37.7. The second kappa shape index (κ2) is 13.8. The first kappa shape index (κ1) is 30.6. The first-order valence-corrected chi connectivity index (χ1v) is 12.1. The molecule has 0 unspecified atom stereocenters. The van der Waals surface area contributed by atoms with Gasteiger partial charge in [-0.3, -0.25) is 4.79 Å². The van der Waals surface area contributed by atoms with Gasteiger partial charge in [-0.2, -0.15) is 0 Å². The van der Waals surface area contributed by atoms with E-state index in [0.29, 0.717) is 17.7 Å². The number of rotatable bonds is 11. The van der Waals surface area contributed by atoms with Gasteiger partial charge in [-0.15, -0.1) is 24.8 Å². The SMILES string of the molecule is COc1ccc(CNCc2cccc(CCNCC(O)(O)c3ccc(O)c4[nH]c(=O)sc34)c2)cc1.Cl.Cl. The maximum absolute atomic E-state index is 11.7. The molecule has 6 N–H and O–H groups in total. The van der Waals surface area contributed by atoms with Gasteiger partial charge in [0.1, 0.15) is 17.0 Å². The summed E-state index contributed by atoms with van der Waals surface area (Å²) >= 11 is 0.834. The Morgan fingerprint density at radius 3 is 2.38 bits per heavy atom. The van der Waals surface area contributed by atoms with Crippen molar-refractivity contribution in [1.82, 2.24) is 15.6 Å². The Morgan fingerprint density at radius 1 is 0.946 bits per heavy atom. The normalized spacial score (nSPS) is 11.1. The number of aromatic nitrogens is 1. The molecule has 0 spiro atoms. The second-order valence-electron chi connectivity index (χ2n) is 8.37. The first-order valence-electron chi connectivity index (χ1n) is 11.3. The van der Waals surface area contributed by atoms with Crippen LogP contribution in [0.3, 0.4) is 0 Å². The minimum atomic E-state index is -2.19. The summed E-state index contributed by atoms with van der Waals surface area (Å²) in [6, 6.07) is 19.0. The van der Waals surface area contributed by atoms with E-state index in [-0.39, 0.29) is 53.1 Å². The van der Waals surface area contributed by atoms with Crippen molar-refractivity contribution in [3.63, 3.8) is 0 Å². The molecule has 11 heteroatoms. The average Bonchev–Trinajstić information content (AvgIpc) is 3.25. The minimum absolute atomic E-state index is 0. The molecule has 3 aromatic carbocycles. The lowest BCUT2D eigenvalue weighted by Crippen LogP contribution is -2.38. The van der Waals surface area contributed by atoms with E-state index >= 15 is 0 Å². The van der Waals surface area contributed by atoms with Crippen molar-refractivity contribution >= 4 is 46.4 Å². The number of aromatic hydroxyl groups is 1. The summed E-state index contributed by atoms with van der Waals surface area (Å²) < 4.78 is 5.52. The zero-order chi connectivity index (χ0) is 24.8. The third kappa shape index (κ3) is 7.93. The van der Waals surface area contributed by atoms with Gasteiger partial charge in [-0.05, 0) is 53.9 Å². The van der Waals surface area contributed by atoms with Crippen LogP contribution in [-0.4, -0.2) is 40.5 Å². The maximum atomic E-state index is 11.7. The van der Waals surface area contributed by atoms with E-state index in [9.17, 15) is 20.1 Å². The number of halogens is 2. The number of hydrogen-bond acceptors (Lipinski definition) is 8. The van der Waals surface area contributed by atoms with Crippen molar-refractivity contribution in [3.05, 3.63) is 92.6 Å². The number of thiazole rings is 1. The summed E-state index contributed by atoms with van der Waals surface area (Å²) in [6.07, 6.45) is 0.713. The maximum Gasteiger partial charge on any atom is 0.305 e. The van der Waals surface area contributed by atoms with Gasteiger partial charge >= 0.3 is 4.87 Å². The minimum Gasteiger partial charge on any atom is -0.506 e. The molecule has 0 aliphatic carbocycles. The predicted molar refractivity (Wildman–Crippen MR) is 151 cm³/mol. The summed E-state index contributed by atoms with van der Waals surface area (Å²) in [5.74, 6) is -1.46. The van der Waals surface area contributed by atoms with Gasteiger partial charge in [-0.1, -0.05) is 47.7 Å². The Morgan fingerprint density at radius 2 is 1.65 bits per heavy atom. The Balaban J connectivity index is 0.00000241. The molecule has 0 fully saturated rings. The van der Waals surface area contributed by atoms with Gasteiger partial charge in [0.2, 0.25) is 5.79 Å². The molecule has 0 saturated heterocycles. The van der Waals surface area contributed by atoms with Crippen LogP contribution in [0.4, 0.5) is 0 Å². The van der Waals surface area contributed by atoms with Crippen LogP contribution < -0.4 is 20.2 Å². The monoisotopic (exact) mass is 567 g/mol. The highest BCUT2D eigenvalue weighted by molar-refractivity contribution is 7.16. The van der Waals surface area contributed by atoms with Crippen molar-refractivity contribution in [1.29, 1.82) is 0 Å². The van der Waals surface area contributed by atoms with E-state index < -0.39 is 5.79 Å². The van der Waals surface area contributed by atoms with Crippen LogP contribution in [0.15, 0.2) is 65.5 Å². The molecular formula is C26H31Cl2N3O5S. The van der Waals surface area contributed by atoms with Gasteiger partial charge in [0.05, 0.1) is 18.4 Å². The molecule has 0 bridgehead atoms. The molecule has 0 aliphatic heterocycles. The van der Waals surface area contributed by atoms with Crippen molar-refractivity contribution in [2.75, 3.05) is 20.2 Å². The first-order chi connectivity index (χ1) is 16.9. The van der Waals surface area contributed by atoms with Crippen LogP contribution in [-0.2, 0) is 25.3 Å². The number of nitrogens with one attached hydrogen (secondary N) is 3. The van der Waals surface area contributed by atoms with Gasteiger partial charge in [0.25, 0.3) is 0 Å². The van der Waals surface area contributed by atoms with Gasteiger partial charge < -0.3 is 35.7 Å². The lowest BCUT2D eigenvalue weighted by atomic mass is 10.0. The number of aliphatic hydroxyl groups is 2. The van der Waals surface area contributed by atoms with Crippen molar-refractivity contribution < 1.29 is 20.1 Å². The van der Waals surface area contributed by atoms with Gasteiger partial charge in [0.15, 0.2) is 0 Å². The van der Waals surface area contributed by atoms with E-state index in [4.69, 9.17) is 4.74 Å². The zero-order valence-electron chi connectivity index (χ0n) is 20.2. The Kier molecular flexibility index (Phi) is 11.4. The fourth-order valence-electron chi connectivity index (χ4n) is 3.91. The molecule has 8 nitrogen and oxygen atoms in total. The molecular weight excluding hydrogens is 537 g/mol. The summed E-state index contributed by atoms with van der Waals surface area (Å²) in [4.78, 5) is 13.8. The molecule has 0 aliphatic rings. The summed E-state index contributed by atoms with van der Waals surface area (Å²) in [5.41, 5.74) is 3.87. The number of H-pyrrole nitrogens is 1. The van der Waals surface area contributed by atoms with Crippen LogP contribution in [0.5, 0.6) is 11.5 Å². The number of fused-ring (bicyclic) bond motifs is 1. The average molecular weight is 569 g/mol. The lowest BCUT2D eigenvalue weighted by Gasteiger charge is -2.23. The number of ether oxygens (including phenoxy) is 1. The highest BCUT2D eigenvalue weighted by Gasteiger charge is 2.29. The van der Waals surface area contributed by atoms with Gasteiger partial charge in [0, 0.05) is 18.7 Å². The number of phenols is 1. The Bertz CT molecular complexity index is 1340. The highest BCUT2D eigenvalue weighted by Crippen LogP contribution is 2.32. The standard InChI is InChI=1S/C26H29N3O5S.2ClH/c1-34-20-7-5-18(6-8-20)14-28-15-19-4-2-3-17(13-19)11-12-27-16-26(32,33)21-9-10-22(30)23-24(21)35-25(31)29-23;;/h2-10,13,27-28,30,32-33H,11-12,14-16H2,1H3,(H,29,31);2*1H. The highest BCUT2D eigenvalue weighted by atomic mass is 35.5. The summed E-state index contributed by atoms with van der Waals surface area (Å²) in [6.45, 7) is 1.91. The molecule has 1 heterocycles. The smallest absolute Gasteiger partial charge is 0.305 e. The van der Waals surface area contributed by atoms with E-state index in [2.05, 4.69) is 27.8 Å². The van der Waals surface area contributed by atoms with Crippen molar-refractivity contribution in [2.24, 2.45) is 0 Å². The van der Waals surface area contributed by atoms with E-state index in [1.165, 1.54) is 23.3 Å². The number of hydrogen-bond donors (Lipinski definition) is 6. The van der Waals surface area contributed by atoms with Crippen LogP contribution in [0.1, 0.15) is 22.3 Å². The Labute approximate surface area is 231 Å². The molecule has 37 heavy (non-hydrogen) atoms. The molecule has 0 saturated carbocycles. The molecule has 0 radical (unpaired) electrons. The number of phenolic OH excluding ortho intramolecular Hbond substituents is 1. The third-order valence-electron chi connectivity index (χ3n) is 5.76. The molecule has 4 rings (SSSR count). The quantitative estimate of drug-likeness (QED) is 0.121. The fraction of sp³-hybridized carbons (Fsp3) is 0.269. The zero-order valence-corrected chi connectivity index (χ0v) is 22.6. The molecule has 0 amide bonds. The van der Waals surface area contributed by atoms with Crippen LogP contribution in [0, 0.1) is 0 Å². The van der Waals surface area contributed by atoms with Crippen molar-refractivity contribution in [2.45, 2.75) is 25.3 Å². The largest absolute Gasteiger partial charge is 0.506 e. The molecule has 0 atom stereocenters. The number of aromatic amines is 1. The molecule has 4 aromatic rings. The summed E-state index contributed by atoms with van der Waals surface area (Å²) in [7, 11) is 1.65. The number of methoxy groups -OCH3 is 1. The second-order valence-corrected chi connectivity index (χ2v) is 9.35. The molecule has 200 valence electrons. The lowest BCUT2D eigenvalue weighted by molar-refractivity contribution is -0.164. The topological polar surface area (TPSA) is 127 Å². The van der Waals surface area contributed by atoms with Gasteiger partial charge in [-0.25, -0.2) is 0 Å². The van der Waals surface area contributed by atoms with E-state index in [1.54, 1.807) is 7.11 Å². The van der Waals surface area contributed by atoms with E-state index in [0.717, 1.165) is 35.7 Å². The van der Waals surface area contributed by atoms with Crippen LogP contribution >= 0.6 is 36.2 Å². The molecule has 1 aromatic heterocycles. The van der Waals surface area contributed by atoms with Crippen LogP contribution in [0.25, 0.3) is 10.2 Å². The Hall–Kier alpha value is -2.63. The van der Waals surface area contributed by atoms with E-state index in [1.807, 2.05) is 36.4 Å². The van der Waals surface area contributed by atoms with Crippen molar-refractivity contribution in [3.8, 4) is 11.5 Å². The number of benzene rings is 3. The predicted octanol–water partition coefficient (Wildman–Crippen LogP) is 3.41.